The van der Waals surface area contributed by atoms with E-state index in [0.29, 0.717) is 12.1 Å². The van der Waals surface area contributed by atoms with Crippen LogP contribution in [0.15, 0.2) is 42.5 Å². The minimum absolute atomic E-state index is 0.235. The molecule has 6 heteroatoms. The Morgan fingerprint density at radius 3 is 2.15 bits per heavy atom. The van der Waals surface area contributed by atoms with Crippen LogP contribution < -0.4 is 0 Å². The average Bonchev–Trinajstić information content (AvgIpc) is 2.44. The van der Waals surface area contributed by atoms with Crippen LogP contribution in [-0.2, 0) is 5.85 Å². The summed E-state index contributed by atoms with van der Waals surface area (Å²) in [6, 6.07) is 7.67. The lowest BCUT2D eigenvalue weighted by atomic mass is 9.97. The van der Waals surface area contributed by atoms with Gasteiger partial charge in [0.1, 0.15) is 0 Å². The third-order valence-electron chi connectivity index (χ3n) is 2.73. The molecule has 0 aliphatic rings. The molecule has 0 spiro atoms. The van der Waals surface area contributed by atoms with E-state index < -0.39 is 34.7 Å². The van der Waals surface area contributed by atoms with E-state index in [4.69, 9.17) is 0 Å². The first-order chi connectivity index (χ1) is 9.35. The van der Waals surface area contributed by atoms with E-state index >= 15 is 0 Å². The topological polar surface area (TPSA) is 37.3 Å². The van der Waals surface area contributed by atoms with Gasteiger partial charge in [-0.05, 0) is 12.1 Å². The van der Waals surface area contributed by atoms with E-state index in [-0.39, 0.29) is 5.56 Å². The van der Waals surface area contributed by atoms with Crippen LogP contribution in [0.1, 0.15) is 15.9 Å². The molecule has 2 aromatic rings. The standard InChI is InChI=1S/C14H8F4O2/c15-10-7-6-9(11(16)12(10)17)14(18,20)13(19)8-4-2-1-3-5-8/h1-7,20H. The molecule has 1 unspecified atom stereocenters. The van der Waals surface area contributed by atoms with Crippen molar-refractivity contribution in [1.82, 2.24) is 0 Å². The van der Waals surface area contributed by atoms with Crippen LogP contribution in [0.25, 0.3) is 0 Å². The number of carbonyl (C=O) groups is 1. The van der Waals surface area contributed by atoms with E-state index in [2.05, 4.69) is 0 Å². The highest BCUT2D eigenvalue weighted by molar-refractivity contribution is 6.01. The summed E-state index contributed by atoms with van der Waals surface area (Å²) < 4.78 is 53.4. The van der Waals surface area contributed by atoms with E-state index in [0.717, 1.165) is 0 Å². The number of halogens is 4. The molecule has 1 N–H and O–H groups in total. The Balaban J connectivity index is 2.51. The number of Topliss-reactive ketones (excluding diaryl/α,β-unsaturated/α-hetero) is 1. The van der Waals surface area contributed by atoms with Crippen molar-refractivity contribution >= 4 is 5.78 Å². The zero-order chi connectivity index (χ0) is 14.9. The van der Waals surface area contributed by atoms with Gasteiger partial charge in [-0.1, -0.05) is 30.3 Å². The first kappa shape index (κ1) is 14.2. The van der Waals surface area contributed by atoms with Crippen molar-refractivity contribution in [2.75, 3.05) is 0 Å². The van der Waals surface area contributed by atoms with Crippen LogP contribution in [0, 0.1) is 17.5 Å². The Labute approximate surface area is 111 Å². The predicted molar refractivity (Wildman–Crippen MR) is 62.1 cm³/mol. The van der Waals surface area contributed by atoms with Crippen molar-refractivity contribution in [1.29, 1.82) is 0 Å². The predicted octanol–water partition coefficient (Wildman–Crippen LogP) is 3.10. The van der Waals surface area contributed by atoms with Crippen molar-refractivity contribution in [3.8, 4) is 0 Å². The molecular weight excluding hydrogens is 276 g/mol. The number of ketones is 1. The molecule has 0 aromatic heterocycles. The lowest BCUT2D eigenvalue weighted by Crippen LogP contribution is -2.32. The van der Waals surface area contributed by atoms with Crippen LogP contribution in [0.3, 0.4) is 0 Å². The zero-order valence-corrected chi connectivity index (χ0v) is 9.91. The van der Waals surface area contributed by atoms with Crippen LogP contribution >= 0.6 is 0 Å². The van der Waals surface area contributed by atoms with Gasteiger partial charge in [0.2, 0.25) is 5.78 Å². The number of hydrogen-bond acceptors (Lipinski definition) is 2. The van der Waals surface area contributed by atoms with Crippen LogP contribution in [-0.4, -0.2) is 10.9 Å². The monoisotopic (exact) mass is 284 g/mol. The summed E-state index contributed by atoms with van der Waals surface area (Å²) in [7, 11) is 0. The molecule has 2 nitrogen and oxygen atoms in total. The maximum Gasteiger partial charge on any atom is 0.299 e. The molecule has 0 aliphatic heterocycles. The highest BCUT2D eigenvalue weighted by Gasteiger charge is 2.42. The molecule has 0 aliphatic carbocycles. The molecular formula is C14H8F4O2. The van der Waals surface area contributed by atoms with Gasteiger partial charge in [-0.2, -0.15) is 4.39 Å². The van der Waals surface area contributed by atoms with Crippen LogP contribution in [0.4, 0.5) is 17.6 Å². The normalized spacial score (nSPS) is 13.8. The number of carbonyl (C=O) groups excluding carboxylic acids is 1. The van der Waals surface area contributed by atoms with Gasteiger partial charge >= 0.3 is 0 Å². The molecule has 0 fully saturated rings. The Bertz CT molecular complexity index is 654. The van der Waals surface area contributed by atoms with Gasteiger partial charge < -0.3 is 5.11 Å². The van der Waals surface area contributed by atoms with Crippen molar-refractivity contribution in [3.63, 3.8) is 0 Å². The molecule has 104 valence electrons. The van der Waals surface area contributed by atoms with E-state index in [9.17, 15) is 27.5 Å². The second-order valence-electron chi connectivity index (χ2n) is 4.04. The zero-order valence-electron chi connectivity index (χ0n) is 9.91. The van der Waals surface area contributed by atoms with Crippen molar-refractivity contribution in [3.05, 3.63) is 71.0 Å². The molecule has 0 saturated heterocycles. The number of hydrogen-bond donors (Lipinski definition) is 1. The quantitative estimate of drug-likeness (QED) is 0.534. The fourth-order valence-electron chi connectivity index (χ4n) is 1.68. The van der Waals surface area contributed by atoms with Gasteiger partial charge in [0.05, 0.1) is 5.56 Å². The molecule has 0 radical (unpaired) electrons. The number of aliphatic hydroxyl groups is 1. The van der Waals surface area contributed by atoms with Crippen molar-refractivity contribution < 1.29 is 27.5 Å². The smallest absolute Gasteiger partial charge is 0.299 e. The Kier molecular flexibility index (Phi) is 3.59. The van der Waals surface area contributed by atoms with Gasteiger partial charge in [0.15, 0.2) is 17.5 Å². The second-order valence-corrected chi connectivity index (χ2v) is 4.04. The minimum Gasteiger partial charge on any atom is -0.352 e. The fourth-order valence-corrected chi connectivity index (χ4v) is 1.68. The second kappa shape index (κ2) is 5.05. The van der Waals surface area contributed by atoms with Crippen molar-refractivity contribution in [2.24, 2.45) is 0 Å². The van der Waals surface area contributed by atoms with Gasteiger partial charge in [0.25, 0.3) is 5.85 Å². The largest absolute Gasteiger partial charge is 0.352 e. The van der Waals surface area contributed by atoms with Gasteiger partial charge in [-0.15, -0.1) is 0 Å². The molecule has 0 amide bonds. The first-order valence-electron chi connectivity index (χ1n) is 5.51. The van der Waals surface area contributed by atoms with Gasteiger partial charge in [-0.3, -0.25) is 4.79 Å². The number of benzene rings is 2. The lowest BCUT2D eigenvalue weighted by Gasteiger charge is -2.18. The van der Waals surface area contributed by atoms with Crippen LogP contribution in [0.2, 0.25) is 0 Å². The molecule has 2 aromatic carbocycles. The molecule has 0 heterocycles. The molecule has 2 rings (SSSR count). The highest BCUT2D eigenvalue weighted by Crippen LogP contribution is 2.31. The summed E-state index contributed by atoms with van der Waals surface area (Å²) in [5, 5.41) is 9.56. The average molecular weight is 284 g/mol. The number of alkyl halides is 1. The van der Waals surface area contributed by atoms with E-state index in [1.807, 2.05) is 0 Å². The fraction of sp³-hybridized carbons (Fsp3) is 0.0714. The summed E-state index contributed by atoms with van der Waals surface area (Å²) in [4.78, 5) is 11.8. The van der Waals surface area contributed by atoms with Crippen molar-refractivity contribution in [2.45, 2.75) is 5.85 Å². The molecule has 0 bridgehead atoms. The maximum absolute atomic E-state index is 14.2. The Hall–Kier alpha value is -2.21. The number of rotatable bonds is 3. The summed E-state index contributed by atoms with van der Waals surface area (Å²) in [6.45, 7) is 0. The van der Waals surface area contributed by atoms with Crippen LogP contribution in [0.5, 0.6) is 0 Å². The summed E-state index contributed by atoms with van der Waals surface area (Å²) in [6.07, 6.45) is 0. The lowest BCUT2D eigenvalue weighted by molar-refractivity contribution is -0.0634. The maximum atomic E-state index is 14.2. The summed E-state index contributed by atoms with van der Waals surface area (Å²) in [5.41, 5.74) is -1.51. The summed E-state index contributed by atoms with van der Waals surface area (Å²) >= 11 is 0. The SMILES string of the molecule is O=C(c1ccccc1)C(O)(F)c1ccc(F)c(F)c1F. The minimum atomic E-state index is -3.79. The van der Waals surface area contributed by atoms with Gasteiger partial charge in [-0.25, -0.2) is 13.2 Å². The van der Waals surface area contributed by atoms with E-state index in [1.54, 1.807) is 6.07 Å². The molecule has 20 heavy (non-hydrogen) atoms. The third kappa shape index (κ3) is 2.30. The molecule has 1 atom stereocenters. The molecule has 0 saturated carbocycles. The Morgan fingerprint density at radius 1 is 0.950 bits per heavy atom. The third-order valence-corrected chi connectivity index (χ3v) is 2.73. The van der Waals surface area contributed by atoms with E-state index in [1.165, 1.54) is 24.3 Å². The van der Waals surface area contributed by atoms with Gasteiger partial charge in [0, 0.05) is 5.56 Å². The first-order valence-corrected chi connectivity index (χ1v) is 5.51. The summed E-state index contributed by atoms with van der Waals surface area (Å²) in [5.74, 6) is -10.7. The Morgan fingerprint density at radius 2 is 1.55 bits per heavy atom. The highest BCUT2D eigenvalue weighted by atomic mass is 19.2.